The summed E-state index contributed by atoms with van der Waals surface area (Å²) in [6, 6.07) is 7.53. The van der Waals surface area contributed by atoms with Gasteiger partial charge in [-0.15, -0.1) is 0 Å². The van der Waals surface area contributed by atoms with Gasteiger partial charge in [-0.05, 0) is 24.1 Å². The number of urea groups is 1. The maximum Gasteiger partial charge on any atom is 0.318 e. The third kappa shape index (κ3) is 4.19. The van der Waals surface area contributed by atoms with Crippen molar-refractivity contribution in [1.29, 1.82) is 5.26 Å². The summed E-state index contributed by atoms with van der Waals surface area (Å²) in [5.41, 5.74) is 5.82. The lowest BCUT2D eigenvalue weighted by molar-refractivity contribution is 0.207. The number of pyridine rings is 2. The number of fused-ring (bicyclic) bond motifs is 1. The van der Waals surface area contributed by atoms with Gasteiger partial charge in [0.05, 0.1) is 36.6 Å². The fraction of sp³-hybridized carbons (Fsp3) is 0.240. The normalized spacial score (nSPS) is 14.0. The Hall–Kier alpha value is -4.65. The minimum atomic E-state index is -0.217. The van der Waals surface area contributed by atoms with Crippen LogP contribution in [0.15, 0.2) is 55.3 Å². The van der Waals surface area contributed by atoms with Gasteiger partial charge in [0, 0.05) is 61.5 Å². The monoisotopic (exact) mass is 468 g/mol. The molecule has 0 aromatic carbocycles. The highest BCUT2D eigenvalue weighted by Crippen LogP contribution is 2.31. The van der Waals surface area contributed by atoms with Crippen LogP contribution >= 0.6 is 0 Å². The van der Waals surface area contributed by atoms with Crippen LogP contribution in [-0.2, 0) is 7.05 Å². The topological polar surface area (TPSA) is 113 Å². The van der Waals surface area contributed by atoms with E-state index in [0.29, 0.717) is 24.5 Å². The molecular formula is C25H24N8O2. The van der Waals surface area contributed by atoms with Gasteiger partial charge in [0.1, 0.15) is 6.07 Å². The molecule has 1 aliphatic rings. The van der Waals surface area contributed by atoms with Crippen LogP contribution in [0, 0.1) is 11.3 Å². The van der Waals surface area contributed by atoms with Crippen molar-refractivity contribution in [2.24, 2.45) is 7.05 Å². The maximum absolute atomic E-state index is 13.0. The zero-order chi connectivity index (χ0) is 24.5. The molecule has 2 amide bonds. The van der Waals surface area contributed by atoms with E-state index in [1.807, 2.05) is 44.6 Å². The Bertz CT molecular complexity index is 1480. The van der Waals surface area contributed by atoms with Gasteiger partial charge >= 0.3 is 6.03 Å². The van der Waals surface area contributed by atoms with E-state index >= 15 is 0 Å². The Morgan fingerprint density at radius 2 is 2.06 bits per heavy atom. The molecule has 1 aliphatic heterocycles. The Morgan fingerprint density at radius 3 is 2.74 bits per heavy atom. The largest absolute Gasteiger partial charge is 0.481 e. The van der Waals surface area contributed by atoms with Gasteiger partial charge in [0.2, 0.25) is 5.88 Å². The standard InChI is InChI=1S/C25H24N8O2/c1-16(17-4-5-23(35-3)27-10-17)30-25(34)32-7-6-18(14-32)22-8-19(21-12-28-31(2)13-21)15-33-24(22)20(9-26)11-29-33/h4-6,8,10-13,15-16H,7,14H2,1-3H3,(H,30,34)/t16-/m0/s1. The Kier molecular flexibility index (Phi) is 5.66. The molecule has 35 heavy (non-hydrogen) atoms. The van der Waals surface area contributed by atoms with Gasteiger partial charge in [-0.25, -0.2) is 14.3 Å². The van der Waals surface area contributed by atoms with E-state index < -0.39 is 0 Å². The van der Waals surface area contributed by atoms with Gasteiger partial charge in [-0.1, -0.05) is 12.1 Å². The molecule has 4 aromatic rings. The van der Waals surface area contributed by atoms with Gasteiger partial charge in [-0.3, -0.25) is 4.68 Å². The third-order valence-corrected chi connectivity index (χ3v) is 6.13. The van der Waals surface area contributed by atoms with Crippen molar-refractivity contribution in [2.75, 3.05) is 20.2 Å². The molecule has 1 N–H and O–H groups in total. The van der Waals surface area contributed by atoms with Crippen LogP contribution in [0.4, 0.5) is 4.79 Å². The number of methoxy groups -OCH3 is 1. The predicted molar refractivity (Wildman–Crippen MR) is 129 cm³/mol. The first kappa shape index (κ1) is 22.2. The van der Waals surface area contributed by atoms with Crippen LogP contribution in [-0.4, -0.2) is 55.5 Å². The Balaban J connectivity index is 1.38. The predicted octanol–water partition coefficient (Wildman–Crippen LogP) is 3.18. The summed E-state index contributed by atoms with van der Waals surface area (Å²) < 4.78 is 8.56. The van der Waals surface area contributed by atoms with Crippen molar-refractivity contribution in [2.45, 2.75) is 13.0 Å². The van der Waals surface area contributed by atoms with E-state index in [-0.39, 0.29) is 12.1 Å². The first-order valence-corrected chi connectivity index (χ1v) is 11.1. The number of rotatable bonds is 5. The minimum absolute atomic E-state index is 0.173. The molecule has 10 heteroatoms. The fourth-order valence-electron chi connectivity index (χ4n) is 4.21. The number of ether oxygens (including phenoxy) is 1. The highest BCUT2D eigenvalue weighted by molar-refractivity contribution is 5.89. The number of amides is 2. The van der Waals surface area contributed by atoms with Crippen LogP contribution in [0.5, 0.6) is 5.88 Å². The molecule has 0 bridgehead atoms. The maximum atomic E-state index is 13.0. The average molecular weight is 469 g/mol. The van der Waals surface area contributed by atoms with Crippen LogP contribution in [0.25, 0.3) is 22.2 Å². The van der Waals surface area contributed by atoms with Crippen LogP contribution in [0.1, 0.15) is 29.7 Å². The molecule has 0 saturated heterocycles. The number of nitrogens with zero attached hydrogens (tertiary/aromatic N) is 7. The first-order valence-electron chi connectivity index (χ1n) is 11.1. The SMILES string of the molecule is COc1ccc([C@H](C)NC(=O)N2CC=C(c3cc(-c4cnn(C)c4)cn4ncc(C#N)c34)C2)cn1. The summed E-state index contributed by atoms with van der Waals surface area (Å²) in [5.74, 6) is 0.525. The first-order chi connectivity index (χ1) is 17.0. The lowest BCUT2D eigenvalue weighted by Gasteiger charge is -2.21. The van der Waals surface area contributed by atoms with Crippen molar-refractivity contribution < 1.29 is 9.53 Å². The Morgan fingerprint density at radius 1 is 1.20 bits per heavy atom. The van der Waals surface area contributed by atoms with Crippen molar-refractivity contribution in [3.8, 4) is 23.1 Å². The molecule has 4 aromatic heterocycles. The molecule has 0 unspecified atom stereocenters. The van der Waals surface area contributed by atoms with Crippen molar-refractivity contribution in [3.63, 3.8) is 0 Å². The number of hydrogen-bond donors (Lipinski definition) is 1. The molecule has 5 heterocycles. The second-order valence-corrected chi connectivity index (χ2v) is 8.42. The molecule has 0 saturated carbocycles. The average Bonchev–Trinajstić information content (AvgIpc) is 3.63. The molecule has 176 valence electrons. The van der Waals surface area contributed by atoms with E-state index in [9.17, 15) is 10.1 Å². The van der Waals surface area contributed by atoms with Crippen molar-refractivity contribution >= 4 is 17.1 Å². The molecule has 0 spiro atoms. The van der Waals surface area contributed by atoms with Gasteiger partial charge in [0.25, 0.3) is 0 Å². The summed E-state index contributed by atoms with van der Waals surface area (Å²) in [6.07, 6.45) is 10.9. The van der Waals surface area contributed by atoms with E-state index in [1.165, 1.54) is 0 Å². The summed E-state index contributed by atoms with van der Waals surface area (Å²) in [4.78, 5) is 19.0. The summed E-state index contributed by atoms with van der Waals surface area (Å²) in [7, 11) is 3.43. The molecule has 5 rings (SSSR count). The van der Waals surface area contributed by atoms with E-state index in [4.69, 9.17) is 4.74 Å². The van der Waals surface area contributed by atoms with Gasteiger partial charge in [0.15, 0.2) is 0 Å². The zero-order valence-electron chi connectivity index (χ0n) is 19.6. The van der Waals surface area contributed by atoms with Gasteiger partial charge < -0.3 is 15.0 Å². The smallest absolute Gasteiger partial charge is 0.318 e. The van der Waals surface area contributed by atoms with Crippen molar-refractivity contribution in [1.82, 2.24) is 34.6 Å². The van der Waals surface area contributed by atoms with Crippen molar-refractivity contribution in [3.05, 3.63) is 71.9 Å². The molecular weight excluding hydrogens is 444 g/mol. The highest BCUT2D eigenvalue weighted by Gasteiger charge is 2.25. The fourth-order valence-corrected chi connectivity index (χ4v) is 4.21. The van der Waals surface area contributed by atoms with Crippen LogP contribution in [0.2, 0.25) is 0 Å². The minimum Gasteiger partial charge on any atom is -0.481 e. The number of nitriles is 1. The number of nitrogens with one attached hydrogen (secondary N) is 1. The van der Waals surface area contributed by atoms with Gasteiger partial charge in [-0.2, -0.15) is 15.5 Å². The highest BCUT2D eigenvalue weighted by atomic mass is 16.5. The molecule has 0 radical (unpaired) electrons. The number of aromatic nitrogens is 5. The summed E-state index contributed by atoms with van der Waals surface area (Å²) in [6.45, 7) is 2.80. The quantitative estimate of drug-likeness (QED) is 0.481. The van der Waals surface area contributed by atoms with E-state index in [0.717, 1.165) is 33.3 Å². The number of carbonyl (C=O) groups excluding carboxylic acids is 1. The summed E-state index contributed by atoms with van der Waals surface area (Å²) >= 11 is 0. The van der Waals surface area contributed by atoms with Crippen LogP contribution < -0.4 is 10.1 Å². The second-order valence-electron chi connectivity index (χ2n) is 8.42. The third-order valence-electron chi connectivity index (χ3n) is 6.13. The lowest BCUT2D eigenvalue weighted by atomic mass is 10.0. The van der Waals surface area contributed by atoms with Crippen LogP contribution in [0.3, 0.4) is 0 Å². The number of hydrogen-bond acceptors (Lipinski definition) is 6. The second kappa shape index (κ2) is 8.95. The Labute approximate surface area is 202 Å². The molecule has 1 atom stereocenters. The van der Waals surface area contributed by atoms with E-state index in [1.54, 1.807) is 45.9 Å². The molecule has 0 aliphatic carbocycles. The number of carbonyl (C=O) groups is 1. The van der Waals surface area contributed by atoms with E-state index in [2.05, 4.69) is 26.6 Å². The number of aryl methyl sites for hydroxylation is 1. The molecule has 10 nitrogen and oxygen atoms in total. The lowest BCUT2D eigenvalue weighted by Crippen LogP contribution is -2.39. The summed E-state index contributed by atoms with van der Waals surface area (Å²) in [5, 5.41) is 21.3. The zero-order valence-corrected chi connectivity index (χ0v) is 19.6. The molecule has 0 fully saturated rings.